The van der Waals surface area contributed by atoms with Crippen LogP contribution in [0.25, 0.3) is 0 Å². The molecule has 3 saturated carbocycles. The fourth-order valence-electron chi connectivity index (χ4n) is 3.96. The summed E-state index contributed by atoms with van der Waals surface area (Å²) in [5.41, 5.74) is -0.395. The average molecular weight is 265 g/mol. The van der Waals surface area contributed by atoms with Crippen molar-refractivity contribution >= 4 is 6.09 Å². The number of nitrogens with zero attached hydrogens (tertiary/aromatic N) is 1. The number of carbonyl (C=O) groups excluding carboxylic acids is 1. The predicted octanol–water partition coefficient (Wildman–Crippen LogP) is 2.56. The summed E-state index contributed by atoms with van der Waals surface area (Å²) in [6.07, 6.45) is 5.53. The quantitative estimate of drug-likeness (QED) is 0.721. The van der Waals surface area contributed by atoms with Crippen molar-refractivity contribution < 1.29 is 14.3 Å². The SMILES string of the molecule is CC(C)(C)OC(=O)N(C1CC1)[C@@H]1CC2C1C[C@@H]1O[C@H]21. The van der Waals surface area contributed by atoms with Crippen LogP contribution in [-0.2, 0) is 9.47 Å². The minimum atomic E-state index is -0.395. The van der Waals surface area contributed by atoms with Gasteiger partial charge in [-0.15, -0.1) is 0 Å². The molecule has 0 aromatic carbocycles. The van der Waals surface area contributed by atoms with Gasteiger partial charge in [-0.3, -0.25) is 0 Å². The van der Waals surface area contributed by atoms with Gasteiger partial charge in [0.05, 0.1) is 12.2 Å². The predicted molar refractivity (Wildman–Crippen MR) is 69.8 cm³/mol. The van der Waals surface area contributed by atoms with E-state index < -0.39 is 5.60 Å². The summed E-state index contributed by atoms with van der Waals surface area (Å²) in [4.78, 5) is 14.5. The third kappa shape index (κ3) is 1.95. The smallest absolute Gasteiger partial charge is 0.410 e. The molecule has 3 aliphatic carbocycles. The summed E-state index contributed by atoms with van der Waals surface area (Å²) in [7, 11) is 0. The lowest BCUT2D eigenvalue weighted by Gasteiger charge is -2.48. The lowest BCUT2D eigenvalue weighted by molar-refractivity contribution is -0.0389. The van der Waals surface area contributed by atoms with Crippen molar-refractivity contribution in [2.45, 2.75) is 76.3 Å². The molecule has 0 aromatic heterocycles. The highest BCUT2D eigenvalue weighted by molar-refractivity contribution is 5.69. The molecule has 4 fully saturated rings. The summed E-state index contributed by atoms with van der Waals surface area (Å²) in [5, 5.41) is 0. The van der Waals surface area contributed by atoms with Gasteiger partial charge in [0, 0.05) is 12.1 Å². The molecule has 0 N–H and O–H groups in total. The van der Waals surface area contributed by atoms with Crippen molar-refractivity contribution in [2.75, 3.05) is 0 Å². The van der Waals surface area contributed by atoms with Crippen LogP contribution in [0.2, 0.25) is 0 Å². The van der Waals surface area contributed by atoms with Crippen molar-refractivity contribution in [3.8, 4) is 0 Å². The van der Waals surface area contributed by atoms with Crippen LogP contribution in [0.15, 0.2) is 0 Å². The van der Waals surface area contributed by atoms with Crippen LogP contribution >= 0.6 is 0 Å². The van der Waals surface area contributed by atoms with Gasteiger partial charge >= 0.3 is 6.09 Å². The summed E-state index contributed by atoms with van der Waals surface area (Å²) < 4.78 is 11.2. The number of fused-ring (bicyclic) bond motifs is 3. The topological polar surface area (TPSA) is 42.1 Å². The highest BCUT2D eigenvalue weighted by Gasteiger charge is 2.65. The van der Waals surface area contributed by atoms with E-state index in [0.717, 1.165) is 31.6 Å². The van der Waals surface area contributed by atoms with Crippen molar-refractivity contribution in [1.29, 1.82) is 0 Å². The maximum Gasteiger partial charge on any atom is 0.410 e. The molecule has 0 radical (unpaired) electrons. The Bertz CT molecular complexity index is 412. The molecule has 2 unspecified atom stereocenters. The maximum atomic E-state index is 12.4. The fourth-order valence-corrected chi connectivity index (χ4v) is 3.96. The lowest BCUT2D eigenvalue weighted by atomic mass is 9.70. The molecule has 1 heterocycles. The Kier molecular flexibility index (Phi) is 2.31. The molecule has 19 heavy (non-hydrogen) atoms. The van der Waals surface area contributed by atoms with Gasteiger partial charge in [-0.25, -0.2) is 4.79 Å². The number of carbonyl (C=O) groups is 1. The Morgan fingerprint density at radius 1 is 1.21 bits per heavy atom. The minimum Gasteiger partial charge on any atom is -0.444 e. The first-order valence-electron chi connectivity index (χ1n) is 7.61. The Labute approximate surface area is 114 Å². The first-order valence-corrected chi connectivity index (χ1v) is 7.61. The van der Waals surface area contributed by atoms with Gasteiger partial charge in [0.25, 0.3) is 0 Å². The van der Waals surface area contributed by atoms with Gasteiger partial charge in [-0.2, -0.15) is 0 Å². The first-order chi connectivity index (χ1) is 8.94. The molecule has 0 bridgehead atoms. The number of hydrogen-bond acceptors (Lipinski definition) is 3. The first kappa shape index (κ1) is 12.0. The Morgan fingerprint density at radius 3 is 2.53 bits per heavy atom. The van der Waals surface area contributed by atoms with Crippen LogP contribution in [0, 0.1) is 11.8 Å². The molecule has 4 rings (SSSR count). The van der Waals surface area contributed by atoms with Gasteiger partial charge < -0.3 is 14.4 Å². The van der Waals surface area contributed by atoms with Gasteiger partial charge in [0.2, 0.25) is 0 Å². The zero-order valence-corrected chi connectivity index (χ0v) is 12.0. The Balaban J connectivity index is 1.45. The zero-order valence-electron chi connectivity index (χ0n) is 12.0. The van der Waals surface area contributed by atoms with Gasteiger partial charge in [-0.1, -0.05) is 0 Å². The molecule has 106 valence electrons. The third-order valence-electron chi connectivity index (χ3n) is 5.01. The van der Waals surface area contributed by atoms with Crippen molar-refractivity contribution in [3.05, 3.63) is 0 Å². The van der Waals surface area contributed by atoms with Crippen molar-refractivity contribution in [3.63, 3.8) is 0 Å². The second-order valence-corrected chi connectivity index (χ2v) is 7.62. The molecule has 4 heteroatoms. The summed E-state index contributed by atoms with van der Waals surface area (Å²) in [6, 6.07) is 0.863. The van der Waals surface area contributed by atoms with E-state index in [4.69, 9.17) is 9.47 Å². The number of hydrogen-bond donors (Lipinski definition) is 0. The molecule has 1 saturated heterocycles. The van der Waals surface area contributed by atoms with E-state index in [2.05, 4.69) is 4.90 Å². The molecule has 5 atom stereocenters. The largest absolute Gasteiger partial charge is 0.444 e. The van der Waals surface area contributed by atoms with Crippen LogP contribution in [0.4, 0.5) is 4.79 Å². The van der Waals surface area contributed by atoms with Crippen molar-refractivity contribution in [2.24, 2.45) is 11.8 Å². The Morgan fingerprint density at radius 2 is 1.95 bits per heavy atom. The second kappa shape index (κ2) is 3.66. The standard InChI is InChI=1S/C15H23NO3/c1-15(2,3)19-14(17)16(8-4-5-8)11-6-10-9(11)7-12-13(10)18-12/h8-13H,4-7H2,1-3H3/t9?,10?,11-,12+,13-/m1/s1. The van der Waals surface area contributed by atoms with Crippen LogP contribution in [-0.4, -0.2) is 40.9 Å². The van der Waals surface area contributed by atoms with E-state index in [9.17, 15) is 4.79 Å². The summed E-state index contributed by atoms with van der Waals surface area (Å²) >= 11 is 0. The van der Waals surface area contributed by atoms with Gasteiger partial charge in [0.15, 0.2) is 0 Å². The minimum absolute atomic E-state index is 0.0973. The maximum absolute atomic E-state index is 12.4. The number of rotatable bonds is 2. The van der Waals surface area contributed by atoms with Crippen LogP contribution in [0.1, 0.15) is 46.5 Å². The normalized spacial score (nSPS) is 43.0. The number of amides is 1. The van der Waals surface area contributed by atoms with E-state index in [0.29, 0.717) is 30.2 Å². The van der Waals surface area contributed by atoms with E-state index in [1.165, 1.54) is 0 Å². The van der Waals surface area contributed by atoms with E-state index in [1.54, 1.807) is 0 Å². The average Bonchev–Trinajstić information content (AvgIpc) is 3.13. The van der Waals surface area contributed by atoms with Gasteiger partial charge in [-0.05, 0) is 58.3 Å². The highest BCUT2D eigenvalue weighted by Crippen LogP contribution is 2.59. The molecule has 4 nitrogen and oxygen atoms in total. The second-order valence-electron chi connectivity index (χ2n) is 7.62. The van der Waals surface area contributed by atoms with Crippen LogP contribution < -0.4 is 0 Å². The Hall–Kier alpha value is -0.770. The molecular formula is C15H23NO3. The van der Waals surface area contributed by atoms with E-state index in [-0.39, 0.29) is 6.09 Å². The summed E-state index contributed by atoms with van der Waals surface area (Å²) in [6.45, 7) is 5.83. The molecule has 0 spiro atoms. The van der Waals surface area contributed by atoms with Crippen LogP contribution in [0.3, 0.4) is 0 Å². The lowest BCUT2D eigenvalue weighted by Crippen LogP contribution is -2.56. The van der Waals surface area contributed by atoms with E-state index in [1.807, 2.05) is 20.8 Å². The van der Waals surface area contributed by atoms with E-state index >= 15 is 0 Å². The van der Waals surface area contributed by atoms with Crippen LogP contribution in [0.5, 0.6) is 0 Å². The monoisotopic (exact) mass is 265 g/mol. The molecule has 0 aromatic rings. The number of epoxide rings is 1. The fraction of sp³-hybridized carbons (Fsp3) is 0.933. The molecule has 1 amide bonds. The molecule has 4 aliphatic rings. The number of ether oxygens (including phenoxy) is 2. The molecular weight excluding hydrogens is 242 g/mol. The third-order valence-corrected chi connectivity index (χ3v) is 5.01. The highest BCUT2D eigenvalue weighted by atomic mass is 16.6. The van der Waals surface area contributed by atoms with Gasteiger partial charge in [0.1, 0.15) is 5.60 Å². The zero-order chi connectivity index (χ0) is 13.4. The van der Waals surface area contributed by atoms with Crippen molar-refractivity contribution in [1.82, 2.24) is 4.90 Å². The summed E-state index contributed by atoms with van der Waals surface area (Å²) in [5.74, 6) is 1.40. The molecule has 1 aliphatic heterocycles.